The van der Waals surface area contributed by atoms with E-state index in [1.807, 2.05) is 13.8 Å². The molecule has 0 rings (SSSR count). The number of nitrogens with two attached hydrogens (primary N) is 1. The van der Waals surface area contributed by atoms with Gasteiger partial charge in [-0.05, 0) is 26.7 Å². The Morgan fingerprint density at radius 3 is 2.71 bits per heavy atom. The molecule has 0 aromatic heterocycles. The van der Waals surface area contributed by atoms with Gasteiger partial charge < -0.3 is 4.74 Å². The highest BCUT2D eigenvalue weighted by Gasteiger charge is 2.05. The minimum absolute atomic E-state index is 0.0895. The highest BCUT2D eigenvalue weighted by atomic mass is 16.5. The molecule has 0 saturated carbocycles. The lowest BCUT2D eigenvalue weighted by molar-refractivity contribution is -0.121. The number of ether oxygens (including phenoxy) is 1. The number of carbonyl (C=O) groups excluding carboxylic acids is 1. The molecule has 0 aliphatic heterocycles. The molecule has 0 heterocycles. The van der Waals surface area contributed by atoms with Crippen LogP contribution in [0.5, 0.6) is 0 Å². The lowest BCUT2D eigenvalue weighted by Crippen LogP contribution is -2.30. The maximum absolute atomic E-state index is 10.8. The van der Waals surface area contributed by atoms with Crippen LogP contribution in [0.1, 0.15) is 33.1 Å². The molecule has 0 bridgehead atoms. The molecule has 0 spiro atoms. The van der Waals surface area contributed by atoms with Gasteiger partial charge in [0.25, 0.3) is 0 Å². The van der Waals surface area contributed by atoms with Crippen LogP contribution in [0.2, 0.25) is 0 Å². The monoisotopic (exact) mass is 200 g/mol. The summed E-state index contributed by atoms with van der Waals surface area (Å²) in [5, 5.41) is 0. The van der Waals surface area contributed by atoms with E-state index in [-0.39, 0.29) is 12.0 Å². The van der Waals surface area contributed by atoms with E-state index in [0.29, 0.717) is 19.4 Å². The first-order chi connectivity index (χ1) is 6.56. The van der Waals surface area contributed by atoms with Crippen molar-refractivity contribution in [2.24, 2.45) is 5.84 Å². The predicted molar refractivity (Wildman–Crippen MR) is 56.4 cm³/mol. The van der Waals surface area contributed by atoms with E-state index in [1.54, 1.807) is 0 Å². The average molecular weight is 200 g/mol. The van der Waals surface area contributed by atoms with Gasteiger partial charge in [0.2, 0.25) is 5.91 Å². The topological polar surface area (TPSA) is 64.3 Å². The zero-order chi connectivity index (χ0) is 11.0. The Kier molecular flexibility index (Phi) is 7.06. The number of nitrogens with one attached hydrogen (secondary N) is 1. The molecule has 14 heavy (non-hydrogen) atoms. The normalized spacial score (nSPS) is 12.2. The highest BCUT2D eigenvalue weighted by molar-refractivity contribution is 5.75. The van der Waals surface area contributed by atoms with Crippen molar-refractivity contribution < 1.29 is 9.53 Å². The fraction of sp³-hybridized carbons (Fsp3) is 0.700. The van der Waals surface area contributed by atoms with Crippen molar-refractivity contribution in [3.63, 3.8) is 0 Å². The minimum atomic E-state index is -0.152. The van der Waals surface area contributed by atoms with Crippen molar-refractivity contribution in [3.05, 3.63) is 12.2 Å². The maximum atomic E-state index is 10.8. The summed E-state index contributed by atoms with van der Waals surface area (Å²) < 4.78 is 5.47. The van der Waals surface area contributed by atoms with Crippen LogP contribution in [0.15, 0.2) is 12.2 Å². The Hall–Kier alpha value is -0.870. The largest absolute Gasteiger partial charge is 0.378 e. The molecule has 0 radical (unpaired) electrons. The SMILES string of the molecule is C=C(C)CCOC(C)CCC(=O)NN. The summed E-state index contributed by atoms with van der Waals surface area (Å²) in [5.74, 6) is 4.79. The summed E-state index contributed by atoms with van der Waals surface area (Å²) in [6.07, 6.45) is 2.06. The first-order valence-electron chi connectivity index (χ1n) is 4.81. The lowest BCUT2D eigenvalue weighted by Gasteiger charge is -2.12. The fourth-order valence-electron chi connectivity index (χ4n) is 0.924. The fourth-order valence-corrected chi connectivity index (χ4v) is 0.924. The molecule has 82 valence electrons. The second-order valence-electron chi connectivity index (χ2n) is 3.49. The standard InChI is InChI=1S/C10H20N2O2/c1-8(2)6-7-14-9(3)4-5-10(13)12-11/h9H,1,4-7,11H2,2-3H3,(H,12,13). The predicted octanol–water partition coefficient (Wildman–Crippen LogP) is 1.13. The van der Waals surface area contributed by atoms with E-state index in [2.05, 4.69) is 12.0 Å². The first-order valence-corrected chi connectivity index (χ1v) is 4.81. The molecule has 0 aromatic rings. The van der Waals surface area contributed by atoms with Gasteiger partial charge in [0.1, 0.15) is 0 Å². The molecule has 4 nitrogen and oxygen atoms in total. The van der Waals surface area contributed by atoms with Crippen molar-refractivity contribution in [1.82, 2.24) is 5.43 Å². The zero-order valence-electron chi connectivity index (χ0n) is 9.01. The minimum Gasteiger partial charge on any atom is -0.378 e. The molecule has 0 aliphatic rings. The Labute approximate surface area is 85.5 Å². The third kappa shape index (κ3) is 7.76. The van der Waals surface area contributed by atoms with Crippen LogP contribution < -0.4 is 11.3 Å². The summed E-state index contributed by atoms with van der Waals surface area (Å²) in [4.78, 5) is 10.8. The van der Waals surface area contributed by atoms with E-state index < -0.39 is 0 Å². The zero-order valence-corrected chi connectivity index (χ0v) is 9.01. The smallest absolute Gasteiger partial charge is 0.233 e. The van der Waals surface area contributed by atoms with Gasteiger partial charge in [-0.25, -0.2) is 5.84 Å². The van der Waals surface area contributed by atoms with Crippen LogP contribution in [0.25, 0.3) is 0 Å². The molecule has 3 N–H and O–H groups in total. The second-order valence-corrected chi connectivity index (χ2v) is 3.49. The van der Waals surface area contributed by atoms with Crippen molar-refractivity contribution >= 4 is 5.91 Å². The molecule has 1 atom stereocenters. The molecular formula is C10H20N2O2. The number of carbonyl (C=O) groups is 1. The highest BCUT2D eigenvalue weighted by Crippen LogP contribution is 2.04. The summed E-state index contributed by atoms with van der Waals surface area (Å²) in [6, 6.07) is 0. The van der Waals surface area contributed by atoms with Gasteiger partial charge in [-0.1, -0.05) is 5.57 Å². The molecule has 0 aromatic carbocycles. The van der Waals surface area contributed by atoms with Crippen molar-refractivity contribution in [2.75, 3.05) is 6.61 Å². The van der Waals surface area contributed by atoms with E-state index in [9.17, 15) is 4.79 Å². The van der Waals surface area contributed by atoms with Gasteiger partial charge >= 0.3 is 0 Å². The summed E-state index contributed by atoms with van der Waals surface area (Å²) in [6.45, 7) is 8.36. The van der Waals surface area contributed by atoms with Crippen molar-refractivity contribution in [2.45, 2.75) is 39.2 Å². The van der Waals surface area contributed by atoms with E-state index in [4.69, 9.17) is 10.6 Å². The van der Waals surface area contributed by atoms with Crippen LogP contribution in [0, 0.1) is 0 Å². The Morgan fingerprint density at radius 2 is 2.21 bits per heavy atom. The quantitative estimate of drug-likeness (QED) is 0.280. The van der Waals surface area contributed by atoms with Gasteiger partial charge in [-0.2, -0.15) is 0 Å². The number of hydrogen-bond acceptors (Lipinski definition) is 3. The van der Waals surface area contributed by atoms with E-state index in [1.165, 1.54) is 0 Å². The molecule has 4 heteroatoms. The molecule has 1 amide bonds. The van der Waals surface area contributed by atoms with E-state index >= 15 is 0 Å². The third-order valence-electron chi connectivity index (χ3n) is 1.87. The molecule has 0 aliphatic carbocycles. The Balaban J connectivity index is 3.41. The summed E-state index contributed by atoms with van der Waals surface area (Å²) >= 11 is 0. The number of rotatable bonds is 7. The van der Waals surface area contributed by atoms with Gasteiger partial charge in [0.15, 0.2) is 0 Å². The van der Waals surface area contributed by atoms with E-state index in [0.717, 1.165) is 12.0 Å². The summed E-state index contributed by atoms with van der Waals surface area (Å²) in [7, 11) is 0. The van der Waals surface area contributed by atoms with Crippen LogP contribution >= 0.6 is 0 Å². The number of hydrogen-bond donors (Lipinski definition) is 2. The van der Waals surface area contributed by atoms with Crippen LogP contribution in [-0.2, 0) is 9.53 Å². The van der Waals surface area contributed by atoms with Crippen LogP contribution in [-0.4, -0.2) is 18.6 Å². The third-order valence-corrected chi connectivity index (χ3v) is 1.87. The Bertz CT molecular complexity index is 193. The Morgan fingerprint density at radius 1 is 1.57 bits per heavy atom. The number of hydrazine groups is 1. The van der Waals surface area contributed by atoms with Gasteiger partial charge in [-0.15, -0.1) is 6.58 Å². The molecule has 0 fully saturated rings. The van der Waals surface area contributed by atoms with Crippen molar-refractivity contribution in [1.29, 1.82) is 0 Å². The molecule has 0 saturated heterocycles. The van der Waals surface area contributed by atoms with Gasteiger partial charge in [-0.3, -0.25) is 10.2 Å². The van der Waals surface area contributed by atoms with Crippen molar-refractivity contribution in [3.8, 4) is 0 Å². The van der Waals surface area contributed by atoms with Crippen LogP contribution in [0.3, 0.4) is 0 Å². The first kappa shape index (κ1) is 13.1. The average Bonchev–Trinajstić information content (AvgIpc) is 2.13. The number of amides is 1. The second kappa shape index (κ2) is 7.53. The van der Waals surface area contributed by atoms with Crippen LogP contribution in [0.4, 0.5) is 0 Å². The molecular weight excluding hydrogens is 180 g/mol. The van der Waals surface area contributed by atoms with Gasteiger partial charge in [0.05, 0.1) is 12.7 Å². The van der Waals surface area contributed by atoms with Gasteiger partial charge in [0, 0.05) is 6.42 Å². The lowest BCUT2D eigenvalue weighted by atomic mass is 10.2. The summed E-state index contributed by atoms with van der Waals surface area (Å²) in [5.41, 5.74) is 3.19. The molecule has 1 unspecified atom stereocenters. The maximum Gasteiger partial charge on any atom is 0.233 e.